The Morgan fingerprint density at radius 3 is 2.43 bits per heavy atom. The lowest BCUT2D eigenvalue weighted by Gasteiger charge is -2.39. The summed E-state index contributed by atoms with van der Waals surface area (Å²) in [5.41, 5.74) is 6.94. The van der Waals surface area contributed by atoms with E-state index in [4.69, 9.17) is 10.5 Å². The monoisotopic (exact) mass is 414 g/mol. The Balaban J connectivity index is 2.08. The topological polar surface area (TPSA) is 72.6 Å². The second-order valence-electron chi connectivity index (χ2n) is 4.75. The summed E-state index contributed by atoms with van der Waals surface area (Å²) >= 11 is 6.85. The number of hydrogen-bond donors (Lipinski definition) is 1. The van der Waals surface area contributed by atoms with E-state index < -0.39 is 0 Å². The smallest absolute Gasteiger partial charge is 0.212 e. The SMILES string of the molecule is NC1=C(N2CCOC(Br)C2Br)C(=O)c2ccccc2C1=O. The Morgan fingerprint density at radius 2 is 1.76 bits per heavy atom. The number of carbonyl (C=O) groups is 2. The third-order valence-corrected chi connectivity index (χ3v) is 5.99. The molecule has 1 fully saturated rings. The summed E-state index contributed by atoms with van der Waals surface area (Å²) in [7, 11) is 0. The number of fused-ring (bicyclic) bond motifs is 1. The molecule has 1 aromatic carbocycles. The molecule has 21 heavy (non-hydrogen) atoms. The lowest BCUT2D eigenvalue weighted by Crippen LogP contribution is -2.48. The number of ketones is 2. The van der Waals surface area contributed by atoms with Crippen molar-refractivity contribution in [2.24, 2.45) is 5.73 Å². The lowest BCUT2D eigenvalue weighted by atomic mass is 9.90. The van der Waals surface area contributed by atoms with Crippen LogP contribution in [0.4, 0.5) is 0 Å². The zero-order chi connectivity index (χ0) is 15.1. The number of morpholine rings is 1. The number of allylic oxidation sites excluding steroid dienone is 2. The maximum absolute atomic E-state index is 12.7. The van der Waals surface area contributed by atoms with Gasteiger partial charge in [0, 0.05) is 17.7 Å². The number of halogens is 2. The quantitative estimate of drug-likeness (QED) is 0.561. The molecule has 2 unspecified atom stereocenters. The fraction of sp³-hybridized carbons (Fsp3) is 0.286. The first-order chi connectivity index (χ1) is 10.0. The number of benzene rings is 1. The maximum atomic E-state index is 12.7. The first-order valence-electron chi connectivity index (χ1n) is 6.37. The number of nitrogens with zero attached hydrogens (tertiary/aromatic N) is 1. The molecular formula is C14H12Br2N2O3. The molecule has 110 valence electrons. The van der Waals surface area contributed by atoms with Gasteiger partial charge in [0.15, 0.2) is 0 Å². The van der Waals surface area contributed by atoms with E-state index in [9.17, 15) is 9.59 Å². The van der Waals surface area contributed by atoms with Crippen molar-refractivity contribution in [2.75, 3.05) is 13.2 Å². The Morgan fingerprint density at radius 1 is 1.14 bits per heavy atom. The lowest BCUT2D eigenvalue weighted by molar-refractivity contribution is 0.0245. The van der Waals surface area contributed by atoms with Crippen molar-refractivity contribution in [3.05, 3.63) is 46.8 Å². The van der Waals surface area contributed by atoms with Crippen molar-refractivity contribution in [3.63, 3.8) is 0 Å². The van der Waals surface area contributed by atoms with Crippen LogP contribution >= 0.6 is 31.9 Å². The summed E-state index contributed by atoms with van der Waals surface area (Å²) in [4.78, 5) is 26.6. The molecule has 2 N–H and O–H groups in total. The number of hydrogen-bond acceptors (Lipinski definition) is 5. The highest BCUT2D eigenvalue weighted by Crippen LogP contribution is 2.32. The molecule has 1 saturated heterocycles. The van der Waals surface area contributed by atoms with Gasteiger partial charge in [0.2, 0.25) is 11.6 Å². The number of ether oxygens (including phenoxy) is 1. The first kappa shape index (κ1) is 14.7. The third-order valence-electron chi connectivity index (χ3n) is 3.54. The molecule has 0 aromatic heterocycles. The van der Waals surface area contributed by atoms with E-state index >= 15 is 0 Å². The molecular weight excluding hydrogens is 404 g/mol. The molecule has 1 aliphatic heterocycles. The van der Waals surface area contributed by atoms with Gasteiger partial charge in [0.25, 0.3) is 0 Å². The van der Waals surface area contributed by atoms with Gasteiger partial charge in [-0.25, -0.2) is 0 Å². The van der Waals surface area contributed by atoms with E-state index in [-0.39, 0.29) is 32.9 Å². The van der Waals surface area contributed by atoms with Crippen molar-refractivity contribution in [3.8, 4) is 0 Å². The fourth-order valence-corrected chi connectivity index (χ4v) is 3.54. The van der Waals surface area contributed by atoms with Gasteiger partial charge in [-0.3, -0.25) is 9.59 Å². The Bertz CT molecular complexity index is 659. The van der Waals surface area contributed by atoms with Gasteiger partial charge >= 0.3 is 0 Å². The standard InChI is InChI=1S/C14H12Br2N2O3/c15-13-14(16)21-6-5-18(13)10-9(17)11(19)7-3-1-2-4-8(7)12(10)20/h1-4,13-14H,5-6,17H2. The summed E-state index contributed by atoms with van der Waals surface area (Å²) in [6, 6.07) is 6.73. The zero-order valence-electron chi connectivity index (χ0n) is 10.9. The number of Topliss-reactive ketones (excluding diaryl/α,β-unsaturated/α-hetero) is 2. The first-order valence-corrected chi connectivity index (χ1v) is 8.20. The van der Waals surface area contributed by atoms with E-state index in [0.29, 0.717) is 24.3 Å². The van der Waals surface area contributed by atoms with E-state index in [1.807, 2.05) is 0 Å². The van der Waals surface area contributed by atoms with E-state index in [0.717, 1.165) is 0 Å². The highest BCUT2D eigenvalue weighted by atomic mass is 79.9. The Hall–Kier alpha value is -1.18. The van der Waals surface area contributed by atoms with Gasteiger partial charge in [-0.1, -0.05) is 56.1 Å². The summed E-state index contributed by atoms with van der Waals surface area (Å²) in [5, 5.41) is -0.286. The third kappa shape index (κ3) is 2.33. The van der Waals surface area contributed by atoms with Gasteiger partial charge < -0.3 is 15.4 Å². The van der Waals surface area contributed by atoms with Gasteiger partial charge in [-0.05, 0) is 0 Å². The Kier molecular flexibility index (Phi) is 3.90. The largest absolute Gasteiger partial charge is 0.394 e. The maximum Gasteiger partial charge on any atom is 0.212 e. The normalized spacial score (nSPS) is 26.1. The average molecular weight is 416 g/mol. The number of carbonyl (C=O) groups excluding carboxylic acids is 2. The molecule has 1 heterocycles. The molecule has 7 heteroatoms. The molecule has 1 aromatic rings. The molecule has 0 amide bonds. The molecule has 1 aliphatic carbocycles. The minimum Gasteiger partial charge on any atom is -0.394 e. The van der Waals surface area contributed by atoms with Crippen LogP contribution in [0.3, 0.4) is 0 Å². The van der Waals surface area contributed by atoms with Gasteiger partial charge in [-0.2, -0.15) is 0 Å². The minimum atomic E-state index is -0.308. The summed E-state index contributed by atoms with van der Waals surface area (Å²) in [5.74, 6) is -0.536. The van der Waals surface area contributed by atoms with Crippen LogP contribution in [0.1, 0.15) is 20.7 Å². The van der Waals surface area contributed by atoms with Crippen LogP contribution in [0.15, 0.2) is 35.7 Å². The van der Waals surface area contributed by atoms with E-state index in [2.05, 4.69) is 31.9 Å². The molecule has 2 atom stereocenters. The van der Waals surface area contributed by atoms with Crippen LogP contribution in [0, 0.1) is 0 Å². The summed E-state index contributed by atoms with van der Waals surface area (Å²) in [6.45, 7) is 0.924. The van der Waals surface area contributed by atoms with Crippen LogP contribution in [0.25, 0.3) is 0 Å². The second-order valence-corrected chi connectivity index (χ2v) is 6.59. The van der Waals surface area contributed by atoms with Crippen molar-refractivity contribution in [1.29, 1.82) is 0 Å². The van der Waals surface area contributed by atoms with Crippen molar-refractivity contribution >= 4 is 43.4 Å². The molecule has 0 radical (unpaired) electrons. The molecule has 5 nitrogen and oxygen atoms in total. The van der Waals surface area contributed by atoms with Crippen molar-refractivity contribution in [2.45, 2.75) is 9.96 Å². The Labute approximate surface area is 138 Å². The van der Waals surface area contributed by atoms with E-state index in [1.54, 1.807) is 29.2 Å². The van der Waals surface area contributed by atoms with Crippen LogP contribution < -0.4 is 5.73 Å². The average Bonchev–Trinajstić information content (AvgIpc) is 2.49. The van der Waals surface area contributed by atoms with E-state index in [1.165, 1.54) is 0 Å². The molecule has 0 saturated carbocycles. The molecule has 0 spiro atoms. The van der Waals surface area contributed by atoms with Crippen LogP contribution in [-0.4, -0.2) is 39.6 Å². The highest BCUT2D eigenvalue weighted by Gasteiger charge is 2.39. The minimum absolute atomic E-state index is 0.00949. The van der Waals surface area contributed by atoms with Crippen LogP contribution in [-0.2, 0) is 4.74 Å². The predicted molar refractivity (Wildman–Crippen MR) is 84.4 cm³/mol. The summed E-state index contributed by atoms with van der Waals surface area (Å²) < 4.78 is 5.45. The van der Waals surface area contributed by atoms with Crippen molar-refractivity contribution in [1.82, 2.24) is 4.90 Å². The fourth-order valence-electron chi connectivity index (χ4n) is 2.51. The number of rotatable bonds is 1. The van der Waals surface area contributed by atoms with Gasteiger partial charge in [0.1, 0.15) is 21.4 Å². The predicted octanol–water partition coefficient (Wildman–Crippen LogP) is 2.01. The van der Waals surface area contributed by atoms with Crippen molar-refractivity contribution < 1.29 is 14.3 Å². The molecule has 0 bridgehead atoms. The highest BCUT2D eigenvalue weighted by molar-refractivity contribution is 9.12. The van der Waals surface area contributed by atoms with Gasteiger partial charge in [0.05, 0.1) is 6.61 Å². The zero-order valence-corrected chi connectivity index (χ0v) is 14.1. The number of alkyl halides is 2. The van der Waals surface area contributed by atoms with Crippen LogP contribution in [0.2, 0.25) is 0 Å². The summed E-state index contributed by atoms with van der Waals surface area (Å²) in [6.07, 6.45) is 0. The van der Waals surface area contributed by atoms with Gasteiger partial charge in [-0.15, -0.1) is 0 Å². The second kappa shape index (κ2) is 5.55. The molecule has 3 rings (SSSR count). The molecule has 2 aliphatic rings. The van der Waals surface area contributed by atoms with Crippen LogP contribution in [0.5, 0.6) is 0 Å². The number of nitrogens with two attached hydrogens (primary N) is 1.